The van der Waals surface area contributed by atoms with Gasteiger partial charge in [-0.25, -0.2) is 14.4 Å². The Kier molecular flexibility index (Phi) is 6.92. The van der Waals surface area contributed by atoms with Crippen molar-refractivity contribution in [3.05, 3.63) is 60.4 Å². The van der Waals surface area contributed by atoms with Crippen LogP contribution in [0.4, 0.5) is 4.39 Å². The number of benzene rings is 1. The molecule has 3 heteroatoms. The maximum Gasteiger partial charge on any atom is 0.159 e. The van der Waals surface area contributed by atoms with E-state index in [0.29, 0.717) is 6.42 Å². The highest BCUT2D eigenvalue weighted by molar-refractivity contribution is 5.55. The fraction of sp³-hybridized carbons (Fsp3) is 0.400. The van der Waals surface area contributed by atoms with Crippen LogP contribution in [-0.4, -0.2) is 16.1 Å². The van der Waals surface area contributed by atoms with Crippen LogP contribution in [0.5, 0.6) is 0 Å². The van der Waals surface area contributed by atoms with Gasteiger partial charge in [-0.15, -0.1) is 6.58 Å². The summed E-state index contributed by atoms with van der Waals surface area (Å²) in [5.41, 5.74) is 3.42. The van der Waals surface area contributed by atoms with Gasteiger partial charge in [-0.3, -0.25) is 0 Å². The molecule has 2 rings (SSSR count). The molecule has 0 aliphatic heterocycles. The van der Waals surface area contributed by atoms with Gasteiger partial charge in [0, 0.05) is 18.0 Å². The summed E-state index contributed by atoms with van der Waals surface area (Å²) in [6.07, 6.45) is 10.6. The van der Waals surface area contributed by atoms with Crippen LogP contribution in [0.3, 0.4) is 0 Å². The van der Waals surface area contributed by atoms with Crippen LogP contribution in [0.25, 0.3) is 11.4 Å². The van der Waals surface area contributed by atoms with Gasteiger partial charge in [0.25, 0.3) is 0 Å². The molecule has 0 radical (unpaired) electrons. The van der Waals surface area contributed by atoms with Gasteiger partial charge in [0.2, 0.25) is 0 Å². The highest BCUT2D eigenvalue weighted by Gasteiger charge is 2.02. The van der Waals surface area contributed by atoms with E-state index in [1.165, 1.54) is 5.56 Å². The third-order valence-electron chi connectivity index (χ3n) is 3.86. The zero-order valence-corrected chi connectivity index (χ0v) is 13.8. The lowest BCUT2D eigenvalue weighted by atomic mass is 10.0. The number of unbranched alkanes of at least 4 members (excludes halogenated alkanes) is 2. The van der Waals surface area contributed by atoms with Crippen LogP contribution in [-0.2, 0) is 12.8 Å². The average Bonchev–Trinajstić information content (AvgIpc) is 2.56. The molecule has 0 saturated heterocycles. The van der Waals surface area contributed by atoms with Crippen molar-refractivity contribution in [2.45, 2.75) is 51.6 Å². The third-order valence-corrected chi connectivity index (χ3v) is 3.86. The molecule has 0 amide bonds. The number of aromatic nitrogens is 2. The van der Waals surface area contributed by atoms with Crippen LogP contribution < -0.4 is 0 Å². The summed E-state index contributed by atoms with van der Waals surface area (Å²) < 4.78 is 12.7. The van der Waals surface area contributed by atoms with Crippen molar-refractivity contribution in [3.63, 3.8) is 0 Å². The van der Waals surface area contributed by atoms with Gasteiger partial charge in [-0.2, -0.15) is 0 Å². The number of halogens is 1. The molecule has 2 nitrogen and oxygen atoms in total. The molecule has 0 saturated carbocycles. The fourth-order valence-corrected chi connectivity index (χ4v) is 2.53. The molecular weight excluding hydrogens is 287 g/mol. The molecular formula is C20H25FN2. The summed E-state index contributed by atoms with van der Waals surface area (Å²) in [6, 6.07) is 8.41. The van der Waals surface area contributed by atoms with E-state index in [9.17, 15) is 4.39 Å². The van der Waals surface area contributed by atoms with E-state index in [-0.39, 0.29) is 0 Å². The second-order valence-electron chi connectivity index (χ2n) is 5.98. The maximum absolute atomic E-state index is 12.7. The Labute approximate surface area is 138 Å². The summed E-state index contributed by atoms with van der Waals surface area (Å²) in [5, 5.41) is 0. The van der Waals surface area contributed by atoms with Gasteiger partial charge in [0.05, 0.1) is 6.17 Å². The number of nitrogens with zero attached hydrogens (tertiary/aromatic N) is 2. The highest BCUT2D eigenvalue weighted by Crippen LogP contribution is 2.17. The van der Waals surface area contributed by atoms with E-state index < -0.39 is 6.17 Å². The Bertz CT molecular complexity index is 588. The topological polar surface area (TPSA) is 25.8 Å². The minimum atomic E-state index is -0.674. The van der Waals surface area contributed by atoms with Crippen molar-refractivity contribution in [2.24, 2.45) is 0 Å². The van der Waals surface area contributed by atoms with Crippen LogP contribution in [0, 0.1) is 0 Å². The van der Waals surface area contributed by atoms with Gasteiger partial charge < -0.3 is 0 Å². The summed E-state index contributed by atoms with van der Waals surface area (Å²) >= 11 is 0. The lowest BCUT2D eigenvalue weighted by molar-refractivity contribution is 0.330. The molecule has 23 heavy (non-hydrogen) atoms. The van der Waals surface area contributed by atoms with E-state index in [1.807, 2.05) is 18.5 Å². The van der Waals surface area contributed by atoms with E-state index >= 15 is 0 Å². The van der Waals surface area contributed by atoms with Crippen LogP contribution in [0.15, 0.2) is 49.3 Å². The van der Waals surface area contributed by atoms with Crippen molar-refractivity contribution in [2.75, 3.05) is 0 Å². The molecule has 0 N–H and O–H groups in total. The molecule has 1 atom stereocenters. The van der Waals surface area contributed by atoms with Crippen LogP contribution >= 0.6 is 0 Å². The summed E-state index contributed by atoms with van der Waals surface area (Å²) in [6.45, 7) is 5.35. The smallest absolute Gasteiger partial charge is 0.159 e. The van der Waals surface area contributed by atoms with Gasteiger partial charge in [0.15, 0.2) is 5.82 Å². The Morgan fingerprint density at radius 2 is 1.74 bits per heavy atom. The Balaban J connectivity index is 1.85. The van der Waals surface area contributed by atoms with Gasteiger partial charge in [-0.05, 0) is 43.7 Å². The second kappa shape index (κ2) is 9.19. The summed E-state index contributed by atoms with van der Waals surface area (Å²) in [4.78, 5) is 8.81. The minimum absolute atomic E-state index is 0.674. The number of alkyl halides is 1. The van der Waals surface area contributed by atoms with Crippen molar-refractivity contribution < 1.29 is 4.39 Å². The van der Waals surface area contributed by atoms with E-state index in [4.69, 9.17) is 0 Å². The van der Waals surface area contributed by atoms with Crippen molar-refractivity contribution in [1.82, 2.24) is 9.97 Å². The quantitative estimate of drug-likeness (QED) is 0.462. The SMILES string of the molecule is C=CCc1cnc(-c2ccc(CCCCCC(C)F)cc2)nc1. The zero-order chi connectivity index (χ0) is 16.5. The Morgan fingerprint density at radius 1 is 1.04 bits per heavy atom. The molecule has 1 heterocycles. The summed E-state index contributed by atoms with van der Waals surface area (Å²) in [7, 11) is 0. The Morgan fingerprint density at radius 3 is 2.35 bits per heavy atom. The first kappa shape index (κ1) is 17.3. The average molecular weight is 312 g/mol. The maximum atomic E-state index is 12.7. The molecule has 0 aliphatic rings. The molecule has 0 fully saturated rings. The second-order valence-corrected chi connectivity index (χ2v) is 5.98. The number of aryl methyl sites for hydroxylation is 1. The summed E-state index contributed by atoms with van der Waals surface area (Å²) in [5.74, 6) is 0.751. The molecule has 2 aromatic rings. The van der Waals surface area contributed by atoms with Crippen molar-refractivity contribution in [1.29, 1.82) is 0 Å². The standard InChI is InChI=1S/C20H25FN2/c1-3-7-18-14-22-20(23-15-18)19-12-10-17(11-13-19)9-6-4-5-8-16(2)21/h3,10-16H,1,4-9H2,2H3. The molecule has 0 bridgehead atoms. The monoisotopic (exact) mass is 312 g/mol. The first-order valence-corrected chi connectivity index (χ1v) is 8.34. The molecule has 1 aromatic heterocycles. The normalized spacial score (nSPS) is 12.1. The highest BCUT2D eigenvalue weighted by atomic mass is 19.1. The lowest BCUT2D eigenvalue weighted by Crippen LogP contribution is -1.93. The predicted octanol–water partition coefficient (Wildman–Crippen LogP) is 5.33. The molecule has 1 aromatic carbocycles. The van der Waals surface area contributed by atoms with Gasteiger partial charge >= 0.3 is 0 Å². The van der Waals surface area contributed by atoms with Crippen molar-refractivity contribution in [3.8, 4) is 11.4 Å². The first-order valence-electron chi connectivity index (χ1n) is 8.34. The van der Waals surface area contributed by atoms with Gasteiger partial charge in [-0.1, -0.05) is 43.2 Å². The Hall–Kier alpha value is -2.03. The molecule has 122 valence electrons. The van der Waals surface area contributed by atoms with E-state index in [0.717, 1.165) is 49.1 Å². The number of hydrogen-bond acceptors (Lipinski definition) is 2. The minimum Gasteiger partial charge on any atom is -0.248 e. The number of hydrogen-bond donors (Lipinski definition) is 0. The van der Waals surface area contributed by atoms with E-state index in [2.05, 4.69) is 40.8 Å². The molecule has 0 spiro atoms. The number of allylic oxidation sites excluding steroid dienone is 1. The van der Waals surface area contributed by atoms with Gasteiger partial charge in [0.1, 0.15) is 0 Å². The zero-order valence-electron chi connectivity index (χ0n) is 13.8. The van der Waals surface area contributed by atoms with Crippen LogP contribution in [0.2, 0.25) is 0 Å². The largest absolute Gasteiger partial charge is 0.248 e. The fourth-order valence-electron chi connectivity index (χ4n) is 2.53. The predicted molar refractivity (Wildman–Crippen MR) is 94.1 cm³/mol. The lowest BCUT2D eigenvalue weighted by Gasteiger charge is -2.05. The van der Waals surface area contributed by atoms with Crippen LogP contribution in [0.1, 0.15) is 43.7 Å². The van der Waals surface area contributed by atoms with E-state index in [1.54, 1.807) is 6.92 Å². The first-order chi connectivity index (χ1) is 11.2. The molecule has 0 aliphatic carbocycles. The molecule has 1 unspecified atom stereocenters. The van der Waals surface area contributed by atoms with Crippen molar-refractivity contribution >= 4 is 0 Å². The number of rotatable bonds is 9. The third kappa shape index (κ3) is 5.93.